The SMILES string of the molecule is CC[C@H](C)[C@H](N)C(=O)N1CCC[C@H]1C(=O)N[C@@H](Cc1ccc(O)cc1)C(=O)N[C@H](C(=O)N[C@@H](CCCNC(=N)N)C(=O)N[C@@H](Cc1ccc(O)cc1)C(=O)N[C@@H](CC(C)C)C(=O)O)C(C)C. The Labute approximate surface area is 386 Å². The van der Waals surface area contributed by atoms with Crippen molar-refractivity contribution in [2.24, 2.45) is 29.2 Å². The molecule has 0 bridgehead atoms. The average molecular weight is 923 g/mol. The molecule has 0 radical (unpaired) electrons. The third-order valence-electron chi connectivity index (χ3n) is 11.6. The van der Waals surface area contributed by atoms with E-state index in [2.05, 4.69) is 31.9 Å². The Kier molecular flexibility index (Phi) is 21.1. The van der Waals surface area contributed by atoms with Crippen molar-refractivity contribution < 1.29 is 48.9 Å². The highest BCUT2D eigenvalue weighted by Crippen LogP contribution is 2.22. The number of carboxylic acid groups (broad SMARTS) is 1. The molecule has 20 nitrogen and oxygen atoms in total. The number of likely N-dealkylation sites (tertiary alicyclic amines) is 1. The highest BCUT2D eigenvalue weighted by atomic mass is 16.4. The number of phenolic OH excluding ortho intramolecular Hbond substituents is 2. The second-order valence-corrected chi connectivity index (χ2v) is 17.8. The molecule has 1 heterocycles. The molecule has 8 atom stereocenters. The molecule has 364 valence electrons. The first kappa shape index (κ1) is 53.9. The van der Waals surface area contributed by atoms with Gasteiger partial charge in [0.2, 0.25) is 35.4 Å². The number of rotatable bonds is 25. The number of carbonyl (C=O) groups is 7. The molecular weight excluding hydrogens is 853 g/mol. The Hall–Kier alpha value is -6.44. The molecule has 6 amide bonds. The van der Waals surface area contributed by atoms with Crippen LogP contribution in [0.25, 0.3) is 0 Å². The quantitative estimate of drug-likeness (QED) is 0.0372. The number of aliphatic carboxylic acids is 1. The third-order valence-corrected chi connectivity index (χ3v) is 11.6. The minimum Gasteiger partial charge on any atom is -0.508 e. The summed E-state index contributed by atoms with van der Waals surface area (Å²) in [7, 11) is 0. The third kappa shape index (κ3) is 16.8. The first-order valence-corrected chi connectivity index (χ1v) is 22.6. The van der Waals surface area contributed by atoms with Gasteiger partial charge < -0.3 is 63.6 Å². The molecule has 2 aromatic carbocycles. The predicted octanol–water partition coefficient (Wildman–Crippen LogP) is 0.721. The van der Waals surface area contributed by atoms with Gasteiger partial charge in [0, 0.05) is 25.9 Å². The van der Waals surface area contributed by atoms with E-state index in [1.54, 1.807) is 39.8 Å². The lowest BCUT2D eigenvalue weighted by atomic mass is 9.98. The minimum absolute atomic E-state index is 0.0170. The van der Waals surface area contributed by atoms with Gasteiger partial charge in [0.25, 0.3) is 0 Å². The molecule has 1 aliphatic heterocycles. The topological polar surface area (TPSA) is 331 Å². The molecule has 0 aliphatic carbocycles. The maximum Gasteiger partial charge on any atom is 0.326 e. The number of nitrogens with one attached hydrogen (secondary N) is 7. The van der Waals surface area contributed by atoms with Crippen LogP contribution in [-0.2, 0) is 46.4 Å². The van der Waals surface area contributed by atoms with Crippen LogP contribution in [0, 0.1) is 23.2 Å². The van der Waals surface area contributed by atoms with Crippen molar-refractivity contribution in [3.8, 4) is 11.5 Å². The number of carboxylic acids is 1. The molecule has 0 spiro atoms. The number of hydrogen-bond acceptors (Lipinski definition) is 11. The molecule has 1 fully saturated rings. The lowest BCUT2D eigenvalue weighted by molar-refractivity contribution is -0.142. The average Bonchev–Trinajstić information content (AvgIpc) is 3.76. The number of aromatic hydroxyl groups is 2. The van der Waals surface area contributed by atoms with Crippen molar-refractivity contribution in [3.05, 3.63) is 59.7 Å². The summed E-state index contributed by atoms with van der Waals surface area (Å²) in [5.41, 5.74) is 12.8. The molecule has 2 aromatic rings. The second-order valence-electron chi connectivity index (χ2n) is 17.8. The maximum atomic E-state index is 14.3. The fraction of sp³-hybridized carbons (Fsp3) is 0.565. The van der Waals surface area contributed by atoms with Gasteiger partial charge in [0.1, 0.15) is 47.8 Å². The van der Waals surface area contributed by atoms with Gasteiger partial charge in [-0.2, -0.15) is 0 Å². The van der Waals surface area contributed by atoms with Crippen LogP contribution in [0.3, 0.4) is 0 Å². The van der Waals surface area contributed by atoms with Gasteiger partial charge in [-0.3, -0.25) is 34.2 Å². The Morgan fingerprint density at radius 2 is 1.24 bits per heavy atom. The van der Waals surface area contributed by atoms with Crippen molar-refractivity contribution in [1.82, 2.24) is 36.8 Å². The van der Waals surface area contributed by atoms with Gasteiger partial charge in [0.15, 0.2) is 5.96 Å². The fourth-order valence-electron chi connectivity index (χ4n) is 7.50. The van der Waals surface area contributed by atoms with Crippen molar-refractivity contribution in [2.75, 3.05) is 13.1 Å². The molecule has 0 saturated carbocycles. The lowest BCUT2D eigenvalue weighted by Crippen LogP contribution is -2.61. The Morgan fingerprint density at radius 3 is 1.74 bits per heavy atom. The summed E-state index contributed by atoms with van der Waals surface area (Å²) in [6.07, 6.45) is 1.64. The summed E-state index contributed by atoms with van der Waals surface area (Å²) in [6, 6.07) is 3.69. The number of hydrogen-bond donors (Lipinski definition) is 12. The standard InChI is InChI=1S/C46H70N10O10/c1-7-27(6)37(47)44(64)56-21-9-11-36(56)42(62)53-34(24-29-14-18-31(58)19-15-29)41(61)55-38(26(4)5)43(63)51-32(10-8-20-50-46(48)49)39(59)52-33(23-28-12-16-30(57)17-13-28)40(60)54-35(45(65)66)22-25(2)3/h12-19,25-27,32-38,57-58H,7-11,20-24,47H2,1-6H3,(H,51,63)(H,52,59)(H,53,62)(H,54,60)(H,55,61)(H,65,66)(H4,48,49,50)/t27-,32-,33-,34-,35-,36-,37-,38-/m0/s1. The molecule has 14 N–H and O–H groups in total. The number of guanidine groups is 1. The molecule has 66 heavy (non-hydrogen) atoms. The maximum absolute atomic E-state index is 14.3. The van der Waals surface area contributed by atoms with Gasteiger partial charge >= 0.3 is 5.97 Å². The number of phenols is 2. The summed E-state index contributed by atoms with van der Waals surface area (Å²) in [4.78, 5) is 97.3. The largest absolute Gasteiger partial charge is 0.508 e. The van der Waals surface area contributed by atoms with Gasteiger partial charge in [-0.05, 0) is 85.3 Å². The van der Waals surface area contributed by atoms with E-state index >= 15 is 0 Å². The number of nitrogens with two attached hydrogens (primary N) is 2. The molecule has 20 heteroatoms. The summed E-state index contributed by atoms with van der Waals surface area (Å²) in [5.74, 6) is -6.52. The Bertz CT molecular complexity index is 1980. The van der Waals surface area contributed by atoms with Crippen LogP contribution >= 0.6 is 0 Å². The number of benzene rings is 2. The van der Waals surface area contributed by atoms with E-state index in [1.165, 1.54) is 41.3 Å². The van der Waals surface area contributed by atoms with Crippen LogP contribution < -0.4 is 43.4 Å². The Morgan fingerprint density at radius 1 is 0.742 bits per heavy atom. The van der Waals surface area contributed by atoms with E-state index < -0.39 is 83.7 Å². The molecule has 1 saturated heterocycles. The summed E-state index contributed by atoms with van der Waals surface area (Å²) < 4.78 is 0. The first-order valence-electron chi connectivity index (χ1n) is 22.6. The minimum atomic E-state index is -1.34. The van der Waals surface area contributed by atoms with E-state index in [9.17, 15) is 48.9 Å². The molecule has 1 aliphatic rings. The molecule has 0 unspecified atom stereocenters. The van der Waals surface area contributed by atoms with Gasteiger partial charge in [-0.15, -0.1) is 0 Å². The summed E-state index contributed by atoms with van der Waals surface area (Å²) >= 11 is 0. The predicted molar refractivity (Wildman–Crippen MR) is 247 cm³/mol. The van der Waals surface area contributed by atoms with Crippen molar-refractivity contribution >= 4 is 47.4 Å². The molecule has 3 rings (SSSR count). The van der Waals surface area contributed by atoms with Crippen molar-refractivity contribution in [3.63, 3.8) is 0 Å². The van der Waals surface area contributed by atoms with Crippen LogP contribution in [-0.4, -0.2) is 123 Å². The van der Waals surface area contributed by atoms with Crippen molar-refractivity contribution in [2.45, 2.75) is 135 Å². The van der Waals surface area contributed by atoms with E-state index in [1.807, 2.05) is 13.8 Å². The molecular formula is C46H70N10O10. The van der Waals surface area contributed by atoms with E-state index in [-0.39, 0.29) is 73.9 Å². The smallest absolute Gasteiger partial charge is 0.326 e. The van der Waals surface area contributed by atoms with E-state index in [0.717, 1.165) is 0 Å². The second kappa shape index (κ2) is 25.9. The zero-order valence-electron chi connectivity index (χ0n) is 38.8. The fourth-order valence-corrected chi connectivity index (χ4v) is 7.50. The normalized spacial score (nSPS) is 16.7. The van der Waals surface area contributed by atoms with Gasteiger partial charge in [-0.25, -0.2) is 4.79 Å². The van der Waals surface area contributed by atoms with Crippen LogP contribution in [0.1, 0.15) is 91.2 Å². The summed E-state index contributed by atoms with van der Waals surface area (Å²) in [6.45, 7) is 11.1. The van der Waals surface area contributed by atoms with Crippen LogP contribution in [0.15, 0.2) is 48.5 Å². The number of carbonyl (C=O) groups excluding carboxylic acids is 6. The Balaban J connectivity index is 1.92. The van der Waals surface area contributed by atoms with Crippen LogP contribution in [0.2, 0.25) is 0 Å². The summed E-state index contributed by atoms with van der Waals surface area (Å²) in [5, 5.41) is 53.2. The highest BCUT2D eigenvalue weighted by molar-refractivity contribution is 5.97. The first-order chi connectivity index (χ1) is 31.1. The number of amides is 6. The molecule has 0 aromatic heterocycles. The monoisotopic (exact) mass is 923 g/mol. The lowest BCUT2D eigenvalue weighted by Gasteiger charge is -2.31. The van der Waals surface area contributed by atoms with Crippen molar-refractivity contribution in [1.29, 1.82) is 5.41 Å². The van der Waals surface area contributed by atoms with Crippen LogP contribution in [0.4, 0.5) is 0 Å². The number of nitrogens with zero attached hydrogens (tertiary/aromatic N) is 1. The highest BCUT2D eigenvalue weighted by Gasteiger charge is 2.39. The zero-order valence-corrected chi connectivity index (χ0v) is 38.8. The van der Waals surface area contributed by atoms with E-state index in [4.69, 9.17) is 16.9 Å². The zero-order chi connectivity index (χ0) is 49.2. The van der Waals surface area contributed by atoms with Gasteiger partial charge in [-0.1, -0.05) is 72.2 Å². The van der Waals surface area contributed by atoms with Gasteiger partial charge in [0.05, 0.1) is 6.04 Å². The van der Waals surface area contributed by atoms with E-state index in [0.29, 0.717) is 36.9 Å². The van der Waals surface area contributed by atoms with Crippen LogP contribution in [0.5, 0.6) is 11.5 Å².